The second-order valence-corrected chi connectivity index (χ2v) is 8.21. The molecule has 6 nitrogen and oxygen atoms in total. The molecule has 0 aromatic heterocycles. The number of methoxy groups -OCH3 is 1. The van der Waals surface area contributed by atoms with Crippen molar-refractivity contribution in [1.29, 1.82) is 0 Å². The average Bonchev–Trinajstić information content (AvgIpc) is 2.73. The highest BCUT2D eigenvalue weighted by atomic mass is 35.5. The molecule has 0 spiro atoms. The van der Waals surface area contributed by atoms with Crippen molar-refractivity contribution in [1.82, 2.24) is 10.6 Å². The number of benzene rings is 2. The van der Waals surface area contributed by atoms with E-state index in [1.54, 1.807) is 21.0 Å². The second kappa shape index (κ2) is 12.2. The first-order valence-electron chi connectivity index (χ1n) is 10.4. The van der Waals surface area contributed by atoms with Crippen molar-refractivity contribution in [2.45, 2.75) is 45.8 Å². The van der Waals surface area contributed by atoms with Crippen LogP contribution < -0.4 is 15.4 Å². The predicted octanol–water partition coefficient (Wildman–Crippen LogP) is 4.39. The van der Waals surface area contributed by atoms with Gasteiger partial charge in [-0.3, -0.25) is 4.79 Å². The molecule has 2 N–H and O–H groups in total. The van der Waals surface area contributed by atoms with Gasteiger partial charge in [-0.25, -0.2) is 4.79 Å². The first-order chi connectivity index (χ1) is 14.8. The van der Waals surface area contributed by atoms with Crippen molar-refractivity contribution in [3.63, 3.8) is 0 Å². The zero-order chi connectivity index (χ0) is 22.8. The van der Waals surface area contributed by atoms with Crippen LogP contribution in [0.4, 0.5) is 4.79 Å². The van der Waals surface area contributed by atoms with E-state index in [4.69, 9.17) is 21.1 Å². The molecule has 7 heteroatoms. The maximum atomic E-state index is 12.9. The number of ether oxygens (including phenoxy) is 2. The molecule has 2 amide bonds. The number of hydrogen-bond acceptors (Lipinski definition) is 4. The van der Waals surface area contributed by atoms with Crippen molar-refractivity contribution in [3.8, 4) is 5.75 Å². The van der Waals surface area contributed by atoms with Crippen LogP contribution in [-0.2, 0) is 22.4 Å². The Bertz CT molecular complexity index is 838. The molecule has 0 fully saturated rings. The summed E-state index contributed by atoms with van der Waals surface area (Å²) in [6.45, 7) is 5.91. The molecule has 2 aromatic carbocycles. The van der Waals surface area contributed by atoms with Gasteiger partial charge in [0.15, 0.2) is 0 Å². The number of carbonyl (C=O) groups is 2. The van der Waals surface area contributed by atoms with Gasteiger partial charge in [0.2, 0.25) is 5.91 Å². The first-order valence-corrected chi connectivity index (χ1v) is 10.8. The summed E-state index contributed by atoms with van der Waals surface area (Å²) < 4.78 is 10.3. The lowest BCUT2D eigenvalue weighted by atomic mass is 9.93. The molecule has 0 unspecified atom stereocenters. The Labute approximate surface area is 189 Å². The third kappa shape index (κ3) is 8.50. The Morgan fingerprint density at radius 3 is 2.16 bits per heavy atom. The molecule has 0 saturated carbocycles. The molecule has 0 aliphatic heterocycles. The average molecular weight is 447 g/mol. The zero-order valence-electron chi connectivity index (χ0n) is 18.5. The van der Waals surface area contributed by atoms with E-state index in [1.165, 1.54) is 0 Å². The largest absolute Gasteiger partial charge is 0.497 e. The van der Waals surface area contributed by atoms with Crippen molar-refractivity contribution in [2.24, 2.45) is 5.92 Å². The standard InChI is InChI=1S/C24H31ClN2O4/c1-16(2)31-24(29)27-22(17(3)15-19-5-9-20(25)10-6-19)23(28)26-14-13-18-7-11-21(30-4)12-8-18/h5-12,16-17,22H,13-15H2,1-4H3,(H,26,28)(H,27,29)/t17-,22+/m1/s1. The molecule has 2 atom stereocenters. The fraction of sp³-hybridized carbons (Fsp3) is 0.417. The second-order valence-electron chi connectivity index (χ2n) is 7.77. The molecular formula is C24H31ClN2O4. The predicted molar refractivity (Wildman–Crippen MR) is 123 cm³/mol. The van der Waals surface area contributed by atoms with Crippen LogP contribution in [0.2, 0.25) is 5.02 Å². The molecule has 2 aromatic rings. The van der Waals surface area contributed by atoms with E-state index in [9.17, 15) is 9.59 Å². The summed E-state index contributed by atoms with van der Waals surface area (Å²) in [5.74, 6) is 0.397. The highest BCUT2D eigenvalue weighted by molar-refractivity contribution is 6.30. The molecule has 0 aliphatic carbocycles. The van der Waals surface area contributed by atoms with Crippen molar-refractivity contribution in [2.75, 3.05) is 13.7 Å². The topological polar surface area (TPSA) is 76.7 Å². The number of amides is 2. The molecule has 31 heavy (non-hydrogen) atoms. The Morgan fingerprint density at radius 2 is 1.58 bits per heavy atom. The van der Waals surface area contributed by atoms with Gasteiger partial charge in [0.1, 0.15) is 11.8 Å². The maximum Gasteiger partial charge on any atom is 0.408 e. The normalized spacial score (nSPS) is 12.7. The summed E-state index contributed by atoms with van der Waals surface area (Å²) in [6, 6.07) is 14.4. The monoisotopic (exact) mass is 446 g/mol. The van der Waals surface area contributed by atoms with E-state index in [-0.39, 0.29) is 17.9 Å². The fourth-order valence-corrected chi connectivity index (χ4v) is 3.31. The van der Waals surface area contributed by atoms with Gasteiger partial charge >= 0.3 is 6.09 Å². The molecule has 0 heterocycles. The molecular weight excluding hydrogens is 416 g/mol. The molecule has 2 rings (SSSR count). The van der Waals surface area contributed by atoms with E-state index < -0.39 is 12.1 Å². The number of carbonyl (C=O) groups excluding carboxylic acids is 2. The minimum absolute atomic E-state index is 0.151. The van der Waals surface area contributed by atoms with E-state index in [0.717, 1.165) is 16.9 Å². The number of alkyl carbamates (subject to hydrolysis) is 1. The number of hydrogen-bond donors (Lipinski definition) is 2. The quantitative estimate of drug-likeness (QED) is 0.567. The van der Waals surface area contributed by atoms with Gasteiger partial charge in [-0.1, -0.05) is 42.8 Å². The Morgan fingerprint density at radius 1 is 0.968 bits per heavy atom. The summed E-state index contributed by atoms with van der Waals surface area (Å²) >= 11 is 5.96. The summed E-state index contributed by atoms with van der Waals surface area (Å²) in [5, 5.41) is 6.32. The summed E-state index contributed by atoms with van der Waals surface area (Å²) in [7, 11) is 1.62. The van der Waals surface area contributed by atoms with Crippen molar-refractivity contribution < 1.29 is 19.1 Å². The summed E-state index contributed by atoms with van der Waals surface area (Å²) in [5.41, 5.74) is 2.12. The Kier molecular flexibility index (Phi) is 9.66. The van der Waals surface area contributed by atoms with Crippen LogP contribution in [0, 0.1) is 5.92 Å². The molecule has 168 valence electrons. The third-order valence-electron chi connectivity index (χ3n) is 4.81. The van der Waals surface area contributed by atoms with E-state index in [1.807, 2.05) is 55.5 Å². The number of halogens is 1. The third-order valence-corrected chi connectivity index (χ3v) is 5.06. The number of rotatable bonds is 10. The molecule has 0 radical (unpaired) electrons. The van der Waals surface area contributed by atoms with Gasteiger partial charge in [-0.05, 0) is 68.0 Å². The molecule has 0 aliphatic rings. The van der Waals surface area contributed by atoms with Crippen LogP contribution in [0.3, 0.4) is 0 Å². The molecule has 0 bridgehead atoms. The fourth-order valence-electron chi connectivity index (χ4n) is 3.18. The highest BCUT2D eigenvalue weighted by Crippen LogP contribution is 2.16. The van der Waals surface area contributed by atoms with Gasteiger partial charge in [0.05, 0.1) is 13.2 Å². The summed E-state index contributed by atoms with van der Waals surface area (Å²) in [4.78, 5) is 25.1. The molecule has 0 saturated heterocycles. The smallest absolute Gasteiger partial charge is 0.408 e. The van der Waals surface area contributed by atoms with Crippen molar-refractivity contribution in [3.05, 3.63) is 64.7 Å². The Balaban J connectivity index is 1.99. The van der Waals surface area contributed by atoms with Gasteiger partial charge < -0.3 is 20.1 Å². The van der Waals surface area contributed by atoms with Crippen LogP contribution >= 0.6 is 11.6 Å². The SMILES string of the molecule is COc1ccc(CCNC(=O)[C@@H](NC(=O)OC(C)C)[C@H](C)Cc2ccc(Cl)cc2)cc1. The lowest BCUT2D eigenvalue weighted by molar-refractivity contribution is -0.124. The van der Waals surface area contributed by atoms with Crippen LogP contribution in [0.1, 0.15) is 31.9 Å². The lowest BCUT2D eigenvalue weighted by Crippen LogP contribution is -2.51. The van der Waals surface area contributed by atoms with Gasteiger partial charge in [0, 0.05) is 11.6 Å². The highest BCUT2D eigenvalue weighted by Gasteiger charge is 2.27. The van der Waals surface area contributed by atoms with E-state index in [2.05, 4.69) is 10.6 Å². The van der Waals surface area contributed by atoms with Crippen molar-refractivity contribution >= 4 is 23.6 Å². The first kappa shape index (κ1) is 24.5. The maximum absolute atomic E-state index is 12.9. The minimum atomic E-state index is -0.724. The van der Waals surface area contributed by atoms with E-state index >= 15 is 0 Å². The van der Waals surface area contributed by atoms with Gasteiger partial charge in [-0.2, -0.15) is 0 Å². The lowest BCUT2D eigenvalue weighted by Gasteiger charge is -2.25. The zero-order valence-corrected chi connectivity index (χ0v) is 19.2. The minimum Gasteiger partial charge on any atom is -0.497 e. The van der Waals surface area contributed by atoms with Crippen LogP contribution in [-0.4, -0.2) is 37.8 Å². The van der Waals surface area contributed by atoms with Gasteiger partial charge in [0.25, 0.3) is 0 Å². The summed E-state index contributed by atoms with van der Waals surface area (Å²) in [6.07, 6.45) is 0.402. The van der Waals surface area contributed by atoms with Crippen LogP contribution in [0.25, 0.3) is 0 Å². The van der Waals surface area contributed by atoms with Gasteiger partial charge in [-0.15, -0.1) is 0 Å². The van der Waals surface area contributed by atoms with Crippen LogP contribution in [0.15, 0.2) is 48.5 Å². The number of nitrogens with one attached hydrogen (secondary N) is 2. The Hall–Kier alpha value is -2.73. The van der Waals surface area contributed by atoms with Crippen LogP contribution in [0.5, 0.6) is 5.75 Å². The van der Waals surface area contributed by atoms with E-state index in [0.29, 0.717) is 24.4 Å².